The average molecular weight is 244 g/mol. The van der Waals surface area contributed by atoms with Gasteiger partial charge in [0.15, 0.2) is 0 Å². The highest BCUT2D eigenvalue weighted by Crippen LogP contribution is 2.40. The first kappa shape index (κ1) is 11.7. The number of hydrogen-bond acceptors (Lipinski definition) is 2. The number of benzene rings is 1. The highest BCUT2D eigenvalue weighted by Gasteiger charge is 2.32. The molecule has 1 aliphatic carbocycles. The lowest BCUT2D eigenvalue weighted by Crippen LogP contribution is -2.37. The van der Waals surface area contributed by atoms with E-state index in [9.17, 15) is 4.79 Å². The van der Waals surface area contributed by atoms with Crippen molar-refractivity contribution in [1.82, 2.24) is 10.6 Å². The van der Waals surface area contributed by atoms with Crippen LogP contribution in [0.1, 0.15) is 37.3 Å². The van der Waals surface area contributed by atoms with Crippen LogP contribution in [0.3, 0.4) is 0 Å². The molecule has 1 aromatic rings. The molecule has 2 unspecified atom stereocenters. The maximum atomic E-state index is 11.2. The van der Waals surface area contributed by atoms with Crippen molar-refractivity contribution in [1.29, 1.82) is 0 Å². The zero-order valence-electron chi connectivity index (χ0n) is 10.6. The quantitative estimate of drug-likeness (QED) is 0.832. The largest absolute Gasteiger partial charge is 0.352 e. The normalized spacial score (nSPS) is 24.9. The number of hydrogen-bond donors (Lipinski definition) is 2. The minimum Gasteiger partial charge on any atom is -0.352 e. The second-order valence-corrected chi connectivity index (χ2v) is 5.44. The lowest BCUT2D eigenvalue weighted by molar-refractivity contribution is -0.119. The average Bonchev–Trinajstić information content (AvgIpc) is 3.14. The third-order valence-corrected chi connectivity index (χ3v) is 3.92. The molecule has 1 aliphatic heterocycles. The number of amides is 1. The summed E-state index contributed by atoms with van der Waals surface area (Å²) in [5, 5.41) is 6.66. The third kappa shape index (κ3) is 2.72. The van der Waals surface area contributed by atoms with Crippen LogP contribution in [0, 0.1) is 5.92 Å². The van der Waals surface area contributed by atoms with Crippen molar-refractivity contribution < 1.29 is 4.79 Å². The Hall–Kier alpha value is -1.35. The van der Waals surface area contributed by atoms with Crippen molar-refractivity contribution in [3.05, 3.63) is 35.9 Å². The van der Waals surface area contributed by atoms with Gasteiger partial charge in [0.05, 0.1) is 0 Å². The number of nitrogens with one attached hydrogen (secondary N) is 2. The molecule has 1 saturated heterocycles. The predicted octanol–water partition coefficient (Wildman–Crippen LogP) is 2.01. The molecular weight excluding hydrogens is 224 g/mol. The molecule has 2 fully saturated rings. The van der Waals surface area contributed by atoms with E-state index in [-0.39, 0.29) is 5.91 Å². The predicted molar refractivity (Wildman–Crippen MR) is 71.1 cm³/mol. The van der Waals surface area contributed by atoms with E-state index in [4.69, 9.17) is 0 Å². The van der Waals surface area contributed by atoms with Crippen LogP contribution in [-0.2, 0) is 4.79 Å². The zero-order chi connectivity index (χ0) is 12.4. The smallest absolute Gasteiger partial charge is 0.220 e. The highest BCUT2D eigenvalue weighted by molar-refractivity contribution is 5.78. The van der Waals surface area contributed by atoms with E-state index in [1.807, 2.05) is 0 Å². The van der Waals surface area contributed by atoms with Gasteiger partial charge in [0.2, 0.25) is 5.91 Å². The van der Waals surface area contributed by atoms with Gasteiger partial charge >= 0.3 is 0 Å². The van der Waals surface area contributed by atoms with Crippen LogP contribution in [0.15, 0.2) is 30.3 Å². The molecule has 1 heterocycles. The molecule has 96 valence electrons. The van der Waals surface area contributed by atoms with E-state index in [0.29, 0.717) is 18.5 Å². The molecule has 1 saturated carbocycles. The van der Waals surface area contributed by atoms with E-state index in [1.165, 1.54) is 18.4 Å². The lowest BCUT2D eigenvalue weighted by Gasteiger charge is -2.21. The number of carbonyl (C=O) groups excluding carboxylic acids is 1. The molecule has 2 N–H and O–H groups in total. The molecule has 18 heavy (non-hydrogen) atoms. The van der Waals surface area contributed by atoms with Crippen molar-refractivity contribution in [2.75, 3.05) is 6.54 Å². The van der Waals surface area contributed by atoms with Crippen LogP contribution in [0.25, 0.3) is 0 Å². The third-order valence-electron chi connectivity index (χ3n) is 3.92. The summed E-state index contributed by atoms with van der Waals surface area (Å²) in [6.07, 6.45) is 4.30. The minimum atomic E-state index is 0.199. The molecule has 0 aromatic heterocycles. The highest BCUT2D eigenvalue weighted by atomic mass is 16.1. The Morgan fingerprint density at radius 2 is 2.00 bits per heavy atom. The summed E-state index contributed by atoms with van der Waals surface area (Å²) in [6.45, 7) is 0.891. The van der Waals surface area contributed by atoms with E-state index >= 15 is 0 Å². The van der Waals surface area contributed by atoms with Crippen LogP contribution in [0.2, 0.25) is 0 Å². The molecule has 3 nitrogen and oxygen atoms in total. The standard InChI is InChI=1S/C15H20N2O/c18-14-9-8-13(17-14)10-16-15(12-6-7-12)11-4-2-1-3-5-11/h1-5,12-13,15-16H,6-10H2,(H,17,18). The Morgan fingerprint density at radius 1 is 1.22 bits per heavy atom. The van der Waals surface area contributed by atoms with Crippen LogP contribution in [0.4, 0.5) is 0 Å². The second kappa shape index (κ2) is 5.11. The summed E-state index contributed by atoms with van der Waals surface area (Å²) in [6, 6.07) is 11.4. The fourth-order valence-electron chi connectivity index (χ4n) is 2.75. The minimum absolute atomic E-state index is 0.199. The maximum absolute atomic E-state index is 11.2. The molecule has 2 aliphatic rings. The van der Waals surface area contributed by atoms with Gasteiger partial charge in [-0.3, -0.25) is 4.79 Å². The van der Waals surface area contributed by atoms with Crippen molar-refractivity contribution in [3.8, 4) is 0 Å². The number of carbonyl (C=O) groups is 1. The Morgan fingerprint density at radius 3 is 2.61 bits per heavy atom. The molecule has 0 radical (unpaired) electrons. The van der Waals surface area contributed by atoms with Crippen molar-refractivity contribution >= 4 is 5.91 Å². The molecule has 0 spiro atoms. The molecule has 3 rings (SSSR count). The monoisotopic (exact) mass is 244 g/mol. The molecule has 1 aromatic carbocycles. The number of rotatable bonds is 5. The summed E-state index contributed by atoms with van der Waals surface area (Å²) < 4.78 is 0. The summed E-state index contributed by atoms with van der Waals surface area (Å²) in [4.78, 5) is 11.2. The Labute approximate surface area is 108 Å². The summed E-state index contributed by atoms with van der Waals surface area (Å²) in [5.74, 6) is 0.981. The van der Waals surface area contributed by atoms with Gasteiger partial charge in [0, 0.05) is 25.0 Å². The molecule has 3 heteroatoms. The molecule has 2 atom stereocenters. The first-order chi connectivity index (χ1) is 8.83. The fraction of sp³-hybridized carbons (Fsp3) is 0.533. The summed E-state index contributed by atoms with van der Waals surface area (Å²) in [5.41, 5.74) is 1.38. The van der Waals surface area contributed by atoms with Crippen molar-refractivity contribution in [3.63, 3.8) is 0 Å². The summed E-state index contributed by atoms with van der Waals surface area (Å²) >= 11 is 0. The van der Waals surface area contributed by atoms with Gasteiger partial charge in [0.1, 0.15) is 0 Å². The zero-order valence-corrected chi connectivity index (χ0v) is 10.6. The van der Waals surface area contributed by atoms with Crippen molar-refractivity contribution in [2.24, 2.45) is 5.92 Å². The fourth-order valence-corrected chi connectivity index (χ4v) is 2.75. The van der Waals surface area contributed by atoms with Gasteiger partial charge in [-0.2, -0.15) is 0 Å². The van der Waals surface area contributed by atoms with Gasteiger partial charge in [-0.1, -0.05) is 30.3 Å². The van der Waals surface area contributed by atoms with E-state index < -0.39 is 0 Å². The van der Waals surface area contributed by atoms with Gasteiger partial charge in [-0.15, -0.1) is 0 Å². The van der Waals surface area contributed by atoms with Gasteiger partial charge in [0.25, 0.3) is 0 Å². The lowest BCUT2D eigenvalue weighted by atomic mass is 10.0. The van der Waals surface area contributed by atoms with Gasteiger partial charge in [-0.25, -0.2) is 0 Å². The van der Waals surface area contributed by atoms with Crippen molar-refractivity contribution in [2.45, 2.75) is 37.8 Å². The van der Waals surface area contributed by atoms with Gasteiger partial charge < -0.3 is 10.6 Å². The molecule has 1 amide bonds. The van der Waals surface area contributed by atoms with Crippen LogP contribution in [-0.4, -0.2) is 18.5 Å². The van der Waals surface area contributed by atoms with Gasteiger partial charge in [-0.05, 0) is 30.7 Å². The Balaban J connectivity index is 1.59. The Kier molecular flexibility index (Phi) is 3.33. The van der Waals surface area contributed by atoms with E-state index in [1.54, 1.807) is 0 Å². The summed E-state index contributed by atoms with van der Waals surface area (Å²) in [7, 11) is 0. The first-order valence-corrected chi connectivity index (χ1v) is 6.90. The molecular formula is C15H20N2O. The van der Waals surface area contributed by atoms with E-state index in [0.717, 1.165) is 18.9 Å². The second-order valence-electron chi connectivity index (χ2n) is 5.44. The molecule has 0 bridgehead atoms. The maximum Gasteiger partial charge on any atom is 0.220 e. The van der Waals surface area contributed by atoms with Crippen LogP contribution < -0.4 is 10.6 Å². The van der Waals surface area contributed by atoms with Crippen LogP contribution >= 0.6 is 0 Å². The topological polar surface area (TPSA) is 41.1 Å². The van der Waals surface area contributed by atoms with Crippen LogP contribution in [0.5, 0.6) is 0 Å². The van der Waals surface area contributed by atoms with E-state index in [2.05, 4.69) is 41.0 Å². The first-order valence-electron chi connectivity index (χ1n) is 6.90. The Bertz CT molecular complexity index is 414. The SMILES string of the molecule is O=C1CCC(CNC(c2ccccc2)C2CC2)N1.